The van der Waals surface area contributed by atoms with Crippen molar-refractivity contribution in [2.75, 3.05) is 21.3 Å². The molecular weight excluding hydrogens is 326 g/mol. The van der Waals surface area contributed by atoms with Gasteiger partial charge in [0.05, 0.1) is 14.2 Å². The second kappa shape index (κ2) is 8.60. The van der Waals surface area contributed by atoms with Gasteiger partial charge in [-0.05, 0) is 41.8 Å². The Balaban J connectivity index is 1.92. The number of hydrogen-bond donors (Lipinski definition) is 0. The summed E-state index contributed by atoms with van der Waals surface area (Å²) in [4.78, 5) is 14.0. The Morgan fingerprint density at radius 3 is 2.46 bits per heavy atom. The normalized spacial score (nSPS) is 10.3. The largest absolute Gasteiger partial charge is 0.493 e. The second-order valence-corrected chi connectivity index (χ2v) is 6.01. The van der Waals surface area contributed by atoms with Crippen molar-refractivity contribution in [3.8, 4) is 11.5 Å². The summed E-state index contributed by atoms with van der Waals surface area (Å²) in [5.74, 6) is 1.45. The Hall–Kier alpha value is -2.20. The molecule has 0 aliphatic heterocycles. The van der Waals surface area contributed by atoms with E-state index in [-0.39, 0.29) is 5.91 Å². The summed E-state index contributed by atoms with van der Waals surface area (Å²) >= 11 is 5.98. The second-order valence-electron chi connectivity index (χ2n) is 5.57. The Kier molecular flexibility index (Phi) is 6.50. The van der Waals surface area contributed by atoms with Crippen LogP contribution in [0.5, 0.6) is 11.5 Å². The first kappa shape index (κ1) is 18.1. The van der Waals surface area contributed by atoms with Crippen molar-refractivity contribution in [3.05, 3.63) is 58.6 Å². The third-order valence-electron chi connectivity index (χ3n) is 3.81. The molecule has 2 rings (SSSR count). The fraction of sp³-hybridized carbons (Fsp3) is 0.316. The summed E-state index contributed by atoms with van der Waals surface area (Å²) in [7, 11) is 5.01. The molecule has 2 aromatic rings. The smallest absolute Gasteiger partial charge is 0.222 e. The van der Waals surface area contributed by atoms with Gasteiger partial charge in [-0.2, -0.15) is 0 Å². The van der Waals surface area contributed by atoms with Gasteiger partial charge in [0.1, 0.15) is 0 Å². The Labute approximate surface area is 147 Å². The van der Waals surface area contributed by atoms with E-state index >= 15 is 0 Å². The average molecular weight is 348 g/mol. The molecule has 24 heavy (non-hydrogen) atoms. The number of halogens is 1. The molecule has 0 aliphatic carbocycles. The van der Waals surface area contributed by atoms with Gasteiger partial charge in [-0.25, -0.2) is 0 Å². The van der Waals surface area contributed by atoms with Gasteiger partial charge < -0.3 is 14.4 Å². The van der Waals surface area contributed by atoms with Crippen LogP contribution in [0.1, 0.15) is 17.5 Å². The summed E-state index contributed by atoms with van der Waals surface area (Å²) in [6.45, 7) is 0.547. The van der Waals surface area contributed by atoms with Gasteiger partial charge in [-0.3, -0.25) is 4.79 Å². The van der Waals surface area contributed by atoms with E-state index in [1.54, 1.807) is 26.2 Å². The summed E-state index contributed by atoms with van der Waals surface area (Å²) in [5.41, 5.74) is 2.06. The number of benzene rings is 2. The van der Waals surface area contributed by atoms with Crippen LogP contribution in [0, 0.1) is 0 Å². The molecule has 0 saturated heterocycles. The van der Waals surface area contributed by atoms with E-state index < -0.39 is 0 Å². The van der Waals surface area contributed by atoms with E-state index in [2.05, 4.69) is 0 Å². The number of hydrogen-bond acceptors (Lipinski definition) is 3. The highest BCUT2D eigenvalue weighted by Crippen LogP contribution is 2.28. The first-order valence-corrected chi connectivity index (χ1v) is 8.10. The lowest BCUT2D eigenvalue weighted by Gasteiger charge is -2.17. The standard InChI is InChI=1S/C19H22ClNO3/c1-21(13-15-5-4-6-16(20)11-15)19(22)10-8-14-7-9-17(23-2)18(12-14)24-3/h4-7,9,11-12H,8,10,13H2,1-3H3. The van der Waals surface area contributed by atoms with Gasteiger partial charge in [0.15, 0.2) is 11.5 Å². The number of carbonyl (C=O) groups is 1. The molecule has 0 saturated carbocycles. The van der Waals surface area contributed by atoms with E-state index in [9.17, 15) is 4.79 Å². The van der Waals surface area contributed by atoms with Crippen LogP contribution in [-0.2, 0) is 17.8 Å². The van der Waals surface area contributed by atoms with Gasteiger partial charge in [-0.15, -0.1) is 0 Å². The zero-order valence-electron chi connectivity index (χ0n) is 14.2. The lowest BCUT2D eigenvalue weighted by molar-refractivity contribution is -0.130. The zero-order valence-corrected chi connectivity index (χ0v) is 15.0. The molecule has 0 atom stereocenters. The molecule has 4 nitrogen and oxygen atoms in total. The van der Waals surface area contributed by atoms with Crippen LogP contribution < -0.4 is 9.47 Å². The summed E-state index contributed by atoms with van der Waals surface area (Å²) < 4.78 is 10.5. The van der Waals surface area contributed by atoms with Crippen molar-refractivity contribution in [1.29, 1.82) is 0 Å². The topological polar surface area (TPSA) is 38.8 Å². The molecule has 0 aromatic heterocycles. The average Bonchev–Trinajstić information content (AvgIpc) is 2.59. The van der Waals surface area contributed by atoms with Crippen molar-refractivity contribution < 1.29 is 14.3 Å². The number of amides is 1. The molecule has 0 unspecified atom stereocenters. The lowest BCUT2D eigenvalue weighted by atomic mass is 10.1. The monoisotopic (exact) mass is 347 g/mol. The summed E-state index contributed by atoms with van der Waals surface area (Å²) in [6, 6.07) is 13.3. The van der Waals surface area contributed by atoms with Crippen molar-refractivity contribution >= 4 is 17.5 Å². The molecule has 2 aromatic carbocycles. The fourth-order valence-corrected chi connectivity index (χ4v) is 2.69. The maximum absolute atomic E-state index is 12.3. The number of methoxy groups -OCH3 is 2. The first-order valence-electron chi connectivity index (χ1n) is 7.72. The van der Waals surface area contributed by atoms with Gasteiger partial charge in [0.25, 0.3) is 0 Å². The Morgan fingerprint density at radius 1 is 1.04 bits per heavy atom. The molecule has 1 amide bonds. The van der Waals surface area contributed by atoms with Gasteiger partial charge in [0, 0.05) is 25.0 Å². The molecule has 0 heterocycles. The van der Waals surface area contributed by atoms with E-state index in [0.29, 0.717) is 35.9 Å². The van der Waals surface area contributed by atoms with E-state index in [1.165, 1.54) is 0 Å². The van der Waals surface area contributed by atoms with Crippen LogP contribution in [0.25, 0.3) is 0 Å². The van der Waals surface area contributed by atoms with Crippen molar-refractivity contribution in [1.82, 2.24) is 4.90 Å². The number of rotatable bonds is 7. The molecule has 0 radical (unpaired) electrons. The predicted molar refractivity (Wildman–Crippen MR) is 95.8 cm³/mol. The maximum Gasteiger partial charge on any atom is 0.222 e. The zero-order chi connectivity index (χ0) is 17.5. The number of carbonyl (C=O) groups excluding carboxylic acids is 1. The van der Waals surface area contributed by atoms with E-state index in [0.717, 1.165) is 11.1 Å². The molecule has 0 bridgehead atoms. The highest BCUT2D eigenvalue weighted by atomic mass is 35.5. The minimum atomic E-state index is 0.0877. The molecule has 0 fully saturated rings. The fourth-order valence-electron chi connectivity index (χ4n) is 2.48. The van der Waals surface area contributed by atoms with Crippen LogP contribution in [0.3, 0.4) is 0 Å². The van der Waals surface area contributed by atoms with Gasteiger partial charge >= 0.3 is 0 Å². The quantitative estimate of drug-likeness (QED) is 0.761. The molecule has 5 heteroatoms. The summed E-state index contributed by atoms with van der Waals surface area (Å²) in [6.07, 6.45) is 1.09. The third-order valence-corrected chi connectivity index (χ3v) is 4.05. The van der Waals surface area contributed by atoms with E-state index in [4.69, 9.17) is 21.1 Å². The highest BCUT2D eigenvalue weighted by Gasteiger charge is 2.11. The molecular formula is C19H22ClNO3. The third kappa shape index (κ3) is 4.90. The molecule has 0 spiro atoms. The van der Waals surface area contributed by atoms with Crippen LogP contribution in [0.15, 0.2) is 42.5 Å². The predicted octanol–water partition coefficient (Wildman–Crippen LogP) is 3.95. The molecule has 0 aliphatic rings. The molecule has 0 N–H and O–H groups in total. The minimum absolute atomic E-state index is 0.0877. The summed E-state index contributed by atoms with van der Waals surface area (Å²) in [5, 5.41) is 0.679. The maximum atomic E-state index is 12.3. The number of nitrogens with zero attached hydrogens (tertiary/aromatic N) is 1. The Morgan fingerprint density at radius 2 is 1.79 bits per heavy atom. The van der Waals surface area contributed by atoms with Crippen LogP contribution in [0.2, 0.25) is 5.02 Å². The van der Waals surface area contributed by atoms with Crippen LogP contribution in [0.4, 0.5) is 0 Å². The number of ether oxygens (including phenoxy) is 2. The first-order chi connectivity index (χ1) is 11.5. The SMILES string of the molecule is COc1ccc(CCC(=O)N(C)Cc2cccc(Cl)c2)cc1OC. The van der Waals surface area contributed by atoms with E-state index in [1.807, 2.05) is 42.5 Å². The number of aryl methyl sites for hydroxylation is 1. The van der Waals surface area contributed by atoms with Crippen LogP contribution in [-0.4, -0.2) is 32.1 Å². The van der Waals surface area contributed by atoms with Crippen molar-refractivity contribution in [2.24, 2.45) is 0 Å². The molecule has 128 valence electrons. The minimum Gasteiger partial charge on any atom is -0.493 e. The van der Waals surface area contributed by atoms with Gasteiger partial charge in [-0.1, -0.05) is 29.8 Å². The van der Waals surface area contributed by atoms with Crippen molar-refractivity contribution in [2.45, 2.75) is 19.4 Å². The van der Waals surface area contributed by atoms with Crippen molar-refractivity contribution in [3.63, 3.8) is 0 Å². The Bertz CT molecular complexity index is 703. The van der Waals surface area contributed by atoms with Gasteiger partial charge in [0.2, 0.25) is 5.91 Å². The van der Waals surface area contributed by atoms with Crippen LogP contribution >= 0.6 is 11.6 Å². The lowest BCUT2D eigenvalue weighted by Crippen LogP contribution is -2.26. The highest BCUT2D eigenvalue weighted by molar-refractivity contribution is 6.30.